The van der Waals surface area contributed by atoms with Gasteiger partial charge in [0.15, 0.2) is 17.3 Å². The molecule has 0 fully saturated rings. The zero-order chi connectivity index (χ0) is 10.7. The van der Waals surface area contributed by atoms with Gasteiger partial charge in [0.2, 0.25) is 0 Å². The minimum Gasteiger partial charge on any atom is -0.504 e. The van der Waals surface area contributed by atoms with Crippen LogP contribution in [0.3, 0.4) is 0 Å². The van der Waals surface area contributed by atoms with Gasteiger partial charge in [0.05, 0.1) is 0 Å². The van der Waals surface area contributed by atoms with Crippen molar-refractivity contribution in [2.75, 3.05) is 0 Å². The summed E-state index contributed by atoms with van der Waals surface area (Å²) in [4.78, 5) is 0. The highest BCUT2D eigenvalue weighted by Crippen LogP contribution is 2.27. The summed E-state index contributed by atoms with van der Waals surface area (Å²) < 4.78 is 0. The number of hydrogen-bond acceptors (Lipinski definition) is 5. The molecule has 0 bridgehead atoms. The van der Waals surface area contributed by atoms with Crippen LogP contribution < -0.4 is 5.73 Å². The van der Waals surface area contributed by atoms with E-state index >= 15 is 0 Å². The Morgan fingerprint density at radius 3 is 2.33 bits per heavy atom. The lowest BCUT2D eigenvalue weighted by Crippen LogP contribution is -2.21. The van der Waals surface area contributed by atoms with Crippen molar-refractivity contribution in [1.82, 2.24) is 0 Å². The second-order valence-corrected chi connectivity index (χ2v) is 2.68. The lowest BCUT2D eigenvalue weighted by molar-refractivity contribution is 0.232. The van der Waals surface area contributed by atoms with Crippen LogP contribution in [0.2, 0.25) is 0 Å². The molecule has 0 aromatic heterocycles. The third kappa shape index (κ3) is 2.73. The van der Waals surface area contributed by atoms with Crippen LogP contribution in [0.5, 0.6) is 11.5 Å². The second kappa shape index (κ2) is 5.03. The van der Waals surface area contributed by atoms with E-state index in [0.29, 0.717) is 0 Å². The van der Waals surface area contributed by atoms with Crippen LogP contribution in [-0.2, 0) is 0 Å². The average molecular weight is 216 g/mol. The van der Waals surface area contributed by atoms with Gasteiger partial charge in [-0.2, -0.15) is 0 Å². The molecule has 7 heteroatoms. The number of phenols is 2. The summed E-state index contributed by atoms with van der Waals surface area (Å²) in [7, 11) is 0. The molecule has 7 nitrogen and oxygen atoms in total. The molecule has 0 saturated carbocycles. The number of oxime groups is 1. The number of nitrogens with two attached hydrogens (primary N) is 1. The van der Waals surface area contributed by atoms with Gasteiger partial charge in [-0.25, -0.2) is 0 Å². The van der Waals surface area contributed by atoms with Crippen molar-refractivity contribution in [2.24, 2.45) is 10.9 Å². The monoisotopic (exact) mass is 216 g/mol. The Bertz CT molecular complexity index is 366. The largest absolute Gasteiger partial charge is 0.504 e. The fraction of sp³-hybridized carbons (Fsp3) is 0.125. The van der Waals surface area contributed by atoms with E-state index in [2.05, 4.69) is 5.16 Å². The molecule has 0 amide bonds. The van der Waals surface area contributed by atoms with Gasteiger partial charge >= 0.3 is 0 Å². The van der Waals surface area contributed by atoms with Crippen LogP contribution in [0, 0.1) is 0 Å². The Kier molecular flexibility index (Phi) is 4.36. The van der Waals surface area contributed by atoms with Crippen LogP contribution in [0.4, 0.5) is 0 Å². The van der Waals surface area contributed by atoms with E-state index in [1.54, 1.807) is 0 Å². The minimum atomic E-state index is -1.31. The van der Waals surface area contributed by atoms with Gasteiger partial charge in [-0.05, 0) is 17.7 Å². The third-order valence-corrected chi connectivity index (χ3v) is 1.71. The Morgan fingerprint density at radius 2 is 1.87 bits per heavy atom. The number of phenolic OH excluding ortho intramolecular Hbond substituents is 2. The summed E-state index contributed by atoms with van der Waals surface area (Å²) in [6, 6.07) is 3.66. The van der Waals surface area contributed by atoms with Crippen LogP contribution in [-0.4, -0.2) is 31.8 Å². The maximum absolute atomic E-state index is 9.40. The van der Waals surface area contributed by atoms with Crippen LogP contribution >= 0.6 is 0 Å². The molecule has 0 aliphatic carbocycles. The summed E-state index contributed by atoms with van der Waals surface area (Å²) in [6.45, 7) is 0. The Labute approximate surface area is 85.0 Å². The quantitative estimate of drug-likeness (QED) is 0.142. The fourth-order valence-electron chi connectivity index (χ4n) is 0.936. The van der Waals surface area contributed by atoms with Gasteiger partial charge in [0.1, 0.15) is 6.10 Å². The van der Waals surface area contributed by atoms with Crippen LogP contribution in [0.25, 0.3) is 0 Å². The third-order valence-electron chi connectivity index (χ3n) is 1.71. The summed E-state index contributed by atoms with van der Waals surface area (Å²) >= 11 is 0. The molecule has 1 aromatic rings. The highest BCUT2D eigenvalue weighted by Gasteiger charge is 2.14. The summed E-state index contributed by atoms with van der Waals surface area (Å²) in [5, 5.41) is 38.4. The Hall–Kier alpha value is -1.99. The predicted octanol–water partition coefficient (Wildman–Crippen LogP) is -0.947. The van der Waals surface area contributed by atoms with E-state index in [0.717, 1.165) is 6.07 Å². The van der Waals surface area contributed by atoms with Crippen molar-refractivity contribution in [1.29, 1.82) is 0 Å². The van der Waals surface area contributed by atoms with E-state index in [1.807, 2.05) is 0 Å². The van der Waals surface area contributed by atoms with Gasteiger partial charge in [-0.3, -0.25) is 0 Å². The SMILES string of the molecule is N/C(=N\O)C(O)c1ccc(O)c(O)c1.O. The molecule has 84 valence electrons. The molecule has 15 heavy (non-hydrogen) atoms. The molecule has 0 aliphatic rings. The Balaban J connectivity index is 0.00000196. The smallest absolute Gasteiger partial charge is 0.172 e. The minimum absolute atomic E-state index is 0. The van der Waals surface area contributed by atoms with Gasteiger partial charge in [-0.15, -0.1) is 0 Å². The maximum atomic E-state index is 9.40. The zero-order valence-electron chi connectivity index (χ0n) is 7.62. The van der Waals surface area contributed by atoms with Crippen LogP contribution in [0.1, 0.15) is 11.7 Å². The number of hydrogen-bond donors (Lipinski definition) is 5. The molecule has 8 N–H and O–H groups in total. The highest BCUT2D eigenvalue weighted by molar-refractivity contribution is 5.85. The Morgan fingerprint density at radius 1 is 1.27 bits per heavy atom. The van der Waals surface area contributed by atoms with E-state index in [-0.39, 0.29) is 22.5 Å². The van der Waals surface area contributed by atoms with E-state index < -0.39 is 11.9 Å². The maximum Gasteiger partial charge on any atom is 0.172 e. The first kappa shape index (κ1) is 13.0. The highest BCUT2D eigenvalue weighted by atomic mass is 16.4. The second-order valence-electron chi connectivity index (χ2n) is 2.68. The van der Waals surface area contributed by atoms with E-state index in [4.69, 9.17) is 21.2 Å². The number of rotatable bonds is 2. The molecule has 1 unspecified atom stereocenters. The normalized spacial score (nSPS) is 13.0. The summed E-state index contributed by atoms with van der Waals surface area (Å²) in [5.41, 5.74) is 5.36. The standard InChI is InChI=1S/C8H10N2O4.H2O/c9-8(10-14)7(13)4-1-2-5(11)6(12)3-4;/h1-3,7,11-14H,(H2,9,10);1H2. The summed E-state index contributed by atoms with van der Waals surface area (Å²) in [5.74, 6) is -1.08. The topological polar surface area (TPSA) is 151 Å². The number of benzene rings is 1. The molecule has 0 radical (unpaired) electrons. The van der Waals surface area contributed by atoms with Crippen molar-refractivity contribution >= 4 is 5.84 Å². The number of aliphatic hydroxyl groups is 1. The first-order valence-corrected chi connectivity index (χ1v) is 3.73. The fourth-order valence-corrected chi connectivity index (χ4v) is 0.936. The number of aromatic hydroxyl groups is 2. The summed E-state index contributed by atoms with van der Waals surface area (Å²) in [6.07, 6.45) is -1.31. The van der Waals surface area contributed by atoms with Crippen molar-refractivity contribution < 1.29 is 26.0 Å². The van der Waals surface area contributed by atoms with Gasteiger partial charge in [0, 0.05) is 0 Å². The van der Waals surface area contributed by atoms with Crippen molar-refractivity contribution in [3.05, 3.63) is 23.8 Å². The molecular formula is C8H12N2O5. The van der Waals surface area contributed by atoms with Crippen molar-refractivity contribution in [3.8, 4) is 11.5 Å². The molecule has 0 aliphatic heterocycles. The van der Waals surface area contributed by atoms with Gasteiger partial charge in [0.25, 0.3) is 0 Å². The average Bonchev–Trinajstić information content (AvgIpc) is 2.20. The lowest BCUT2D eigenvalue weighted by atomic mass is 10.1. The molecule has 0 spiro atoms. The van der Waals surface area contributed by atoms with Gasteiger partial charge in [-0.1, -0.05) is 11.2 Å². The molecular weight excluding hydrogens is 204 g/mol. The van der Waals surface area contributed by atoms with Crippen molar-refractivity contribution in [3.63, 3.8) is 0 Å². The first-order chi connectivity index (χ1) is 6.56. The molecule has 1 aromatic carbocycles. The first-order valence-electron chi connectivity index (χ1n) is 3.73. The lowest BCUT2D eigenvalue weighted by Gasteiger charge is -2.09. The molecule has 0 saturated heterocycles. The van der Waals surface area contributed by atoms with Crippen molar-refractivity contribution in [2.45, 2.75) is 6.10 Å². The molecule has 1 rings (SSSR count). The number of amidine groups is 1. The predicted molar refractivity (Wildman–Crippen MR) is 51.8 cm³/mol. The zero-order valence-corrected chi connectivity index (χ0v) is 7.62. The molecule has 0 heterocycles. The van der Waals surface area contributed by atoms with Gasteiger partial charge < -0.3 is 31.7 Å². The number of nitrogens with zero attached hydrogens (tertiary/aromatic N) is 1. The number of aliphatic hydroxyl groups excluding tert-OH is 1. The van der Waals surface area contributed by atoms with Crippen LogP contribution in [0.15, 0.2) is 23.4 Å². The molecule has 1 atom stereocenters. The van der Waals surface area contributed by atoms with E-state index in [1.165, 1.54) is 12.1 Å². The van der Waals surface area contributed by atoms with E-state index in [9.17, 15) is 5.11 Å².